The Bertz CT molecular complexity index is 806. The largest absolute Gasteiger partial charge is 0.497 e. The molecule has 4 heteroatoms. The van der Waals surface area contributed by atoms with Gasteiger partial charge in [-0.15, -0.1) is 0 Å². The van der Waals surface area contributed by atoms with E-state index in [2.05, 4.69) is 0 Å². The number of carbonyl (C=O) groups excluding carboxylic acids is 1. The number of allylic oxidation sites excluding steroid dienone is 1. The number of hydrogen-bond acceptors (Lipinski definition) is 4. The van der Waals surface area contributed by atoms with Crippen LogP contribution in [0.2, 0.25) is 0 Å². The van der Waals surface area contributed by atoms with Gasteiger partial charge in [0.15, 0.2) is 0 Å². The first-order valence-corrected chi connectivity index (χ1v) is 6.48. The molecular weight excluding hydrogens is 276 g/mol. The first-order valence-electron chi connectivity index (χ1n) is 6.48. The van der Waals surface area contributed by atoms with Crippen molar-refractivity contribution < 1.29 is 9.53 Å². The number of benzene rings is 2. The van der Waals surface area contributed by atoms with Gasteiger partial charge in [0.1, 0.15) is 17.4 Å². The second kappa shape index (κ2) is 6.88. The summed E-state index contributed by atoms with van der Waals surface area (Å²) in [5, 5.41) is 18.1. The summed E-state index contributed by atoms with van der Waals surface area (Å²) in [6, 6.07) is 17.2. The Morgan fingerprint density at radius 1 is 1.14 bits per heavy atom. The van der Waals surface area contributed by atoms with E-state index < -0.39 is 0 Å². The third-order valence-corrected chi connectivity index (χ3v) is 3.04. The maximum atomic E-state index is 12.3. The molecule has 2 aromatic carbocycles. The highest BCUT2D eigenvalue weighted by molar-refractivity contribution is 6.14. The van der Waals surface area contributed by atoms with Crippen molar-refractivity contribution in [1.82, 2.24) is 0 Å². The van der Waals surface area contributed by atoms with Gasteiger partial charge < -0.3 is 4.74 Å². The zero-order valence-electron chi connectivity index (χ0n) is 11.9. The Balaban J connectivity index is 2.34. The molecule has 0 saturated heterocycles. The van der Waals surface area contributed by atoms with Crippen LogP contribution in [0.5, 0.6) is 5.75 Å². The monoisotopic (exact) mass is 288 g/mol. The standard InChI is InChI=1S/C18H12N2O2/c1-22-17-7-5-15(6-8-17)18(21)16(12-20)10-13-3-2-4-14(9-13)11-19/h2-10H,1H3/b16-10+. The number of rotatable bonds is 4. The van der Waals surface area contributed by atoms with Crippen molar-refractivity contribution in [3.8, 4) is 17.9 Å². The average Bonchev–Trinajstić information content (AvgIpc) is 2.59. The van der Waals surface area contributed by atoms with Crippen LogP contribution >= 0.6 is 0 Å². The van der Waals surface area contributed by atoms with Gasteiger partial charge in [-0.3, -0.25) is 4.79 Å². The molecule has 0 heterocycles. The number of carbonyl (C=O) groups is 1. The lowest BCUT2D eigenvalue weighted by Crippen LogP contribution is -2.01. The maximum absolute atomic E-state index is 12.3. The summed E-state index contributed by atoms with van der Waals surface area (Å²) in [6.07, 6.45) is 1.48. The molecular formula is C18H12N2O2. The van der Waals surface area contributed by atoms with Crippen LogP contribution in [0.3, 0.4) is 0 Å². The summed E-state index contributed by atoms with van der Waals surface area (Å²) in [5.41, 5.74) is 1.53. The molecule has 0 N–H and O–H groups in total. The van der Waals surface area contributed by atoms with Gasteiger partial charge >= 0.3 is 0 Å². The quantitative estimate of drug-likeness (QED) is 0.491. The first-order chi connectivity index (χ1) is 10.7. The molecule has 0 saturated carbocycles. The predicted octanol–water partition coefficient (Wildman–Crippen LogP) is 3.36. The summed E-state index contributed by atoms with van der Waals surface area (Å²) in [5.74, 6) is 0.272. The maximum Gasteiger partial charge on any atom is 0.203 e. The molecule has 0 aromatic heterocycles. The third-order valence-electron chi connectivity index (χ3n) is 3.04. The topological polar surface area (TPSA) is 73.9 Å². The molecule has 0 unspecified atom stereocenters. The van der Waals surface area contributed by atoms with Crippen molar-refractivity contribution >= 4 is 11.9 Å². The summed E-state index contributed by atoms with van der Waals surface area (Å²) in [7, 11) is 1.54. The molecule has 0 aliphatic rings. The first kappa shape index (κ1) is 15.0. The van der Waals surface area contributed by atoms with E-state index in [-0.39, 0.29) is 11.4 Å². The van der Waals surface area contributed by atoms with Crippen molar-refractivity contribution in [1.29, 1.82) is 10.5 Å². The summed E-state index contributed by atoms with van der Waals surface area (Å²) < 4.78 is 5.04. The molecule has 22 heavy (non-hydrogen) atoms. The minimum atomic E-state index is -0.368. The molecule has 2 rings (SSSR count). The Morgan fingerprint density at radius 3 is 2.45 bits per heavy atom. The van der Waals surface area contributed by atoms with Crippen LogP contribution in [0, 0.1) is 22.7 Å². The van der Waals surface area contributed by atoms with E-state index in [4.69, 9.17) is 10.00 Å². The normalized spacial score (nSPS) is 10.4. The van der Waals surface area contributed by atoms with Crippen LogP contribution in [0.4, 0.5) is 0 Å². The van der Waals surface area contributed by atoms with E-state index in [1.165, 1.54) is 6.08 Å². The van der Waals surface area contributed by atoms with E-state index in [1.807, 2.05) is 12.1 Å². The third kappa shape index (κ3) is 3.39. The van der Waals surface area contributed by atoms with Crippen LogP contribution in [0.1, 0.15) is 21.5 Å². The molecule has 0 radical (unpaired) electrons. The lowest BCUT2D eigenvalue weighted by Gasteiger charge is -2.02. The second-order valence-corrected chi connectivity index (χ2v) is 4.46. The average molecular weight is 288 g/mol. The zero-order valence-corrected chi connectivity index (χ0v) is 11.9. The number of nitriles is 2. The fourth-order valence-electron chi connectivity index (χ4n) is 1.91. The van der Waals surface area contributed by atoms with Crippen molar-refractivity contribution in [2.45, 2.75) is 0 Å². The minimum Gasteiger partial charge on any atom is -0.497 e. The fourth-order valence-corrected chi connectivity index (χ4v) is 1.91. The number of hydrogen-bond donors (Lipinski definition) is 0. The van der Waals surface area contributed by atoms with Gasteiger partial charge in [0, 0.05) is 5.56 Å². The lowest BCUT2D eigenvalue weighted by atomic mass is 10.0. The molecule has 0 amide bonds. The predicted molar refractivity (Wildman–Crippen MR) is 82.1 cm³/mol. The van der Waals surface area contributed by atoms with E-state index in [0.29, 0.717) is 22.4 Å². The van der Waals surface area contributed by atoms with Gasteiger partial charge in [-0.1, -0.05) is 12.1 Å². The second-order valence-electron chi connectivity index (χ2n) is 4.46. The van der Waals surface area contributed by atoms with E-state index >= 15 is 0 Å². The van der Waals surface area contributed by atoms with Crippen molar-refractivity contribution in [2.24, 2.45) is 0 Å². The number of Topliss-reactive ketones (excluding diaryl/α,β-unsaturated/α-hetero) is 1. The van der Waals surface area contributed by atoms with Crippen molar-refractivity contribution in [3.63, 3.8) is 0 Å². The van der Waals surface area contributed by atoms with Crippen LogP contribution in [0.15, 0.2) is 54.1 Å². The molecule has 4 nitrogen and oxygen atoms in total. The zero-order chi connectivity index (χ0) is 15.9. The summed E-state index contributed by atoms with van der Waals surface area (Å²) in [6.45, 7) is 0. The van der Waals surface area contributed by atoms with Gasteiger partial charge in [-0.2, -0.15) is 10.5 Å². The highest BCUT2D eigenvalue weighted by Gasteiger charge is 2.12. The van der Waals surface area contributed by atoms with Crippen LogP contribution in [-0.4, -0.2) is 12.9 Å². The van der Waals surface area contributed by atoms with Gasteiger partial charge in [-0.05, 0) is 48.0 Å². The Morgan fingerprint density at radius 2 is 1.86 bits per heavy atom. The molecule has 0 bridgehead atoms. The SMILES string of the molecule is COc1ccc(C(=O)/C(C#N)=C/c2cccc(C#N)c2)cc1. The smallest absolute Gasteiger partial charge is 0.203 e. The van der Waals surface area contributed by atoms with E-state index in [9.17, 15) is 10.1 Å². The van der Waals surface area contributed by atoms with Gasteiger partial charge in [0.25, 0.3) is 0 Å². The Hall–Kier alpha value is -3.37. The lowest BCUT2D eigenvalue weighted by molar-refractivity contribution is 0.104. The van der Waals surface area contributed by atoms with Crippen LogP contribution in [-0.2, 0) is 0 Å². The highest BCUT2D eigenvalue weighted by atomic mass is 16.5. The molecule has 0 spiro atoms. The molecule has 0 aliphatic heterocycles. The molecule has 106 valence electrons. The van der Waals surface area contributed by atoms with Gasteiger partial charge in [-0.25, -0.2) is 0 Å². The summed E-state index contributed by atoms with van der Waals surface area (Å²) in [4.78, 5) is 12.3. The van der Waals surface area contributed by atoms with E-state index in [0.717, 1.165) is 0 Å². The number of ketones is 1. The highest BCUT2D eigenvalue weighted by Crippen LogP contribution is 2.16. The summed E-state index contributed by atoms with van der Waals surface area (Å²) >= 11 is 0. The molecule has 0 atom stereocenters. The Labute approximate surface area is 128 Å². The molecule has 2 aromatic rings. The fraction of sp³-hybridized carbons (Fsp3) is 0.0556. The van der Waals surface area contributed by atoms with E-state index in [1.54, 1.807) is 55.6 Å². The number of ether oxygens (including phenoxy) is 1. The van der Waals surface area contributed by atoms with Crippen molar-refractivity contribution in [3.05, 3.63) is 70.8 Å². The molecule has 0 fully saturated rings. The van der Waals surface area contributed by atoms with Gasteiger partial charge in [0.05, 0.1) is 18.7 Å². The molecule has 0 aliphatic carbocycles. The Kier molecular flexibility index (Phi) is 4.70. The number of methoxy groups -OCH3 is 1. The van der Waals surface area contributed by atoms with Crippen molar-refractivity contribution in [2.75, 3.05) is 7.11 Å². The minimum absolute atomic E-state index is 0.0141. The van der Waals surface area contributed by atoms with Gasteiger partial charge in [0.2, 0.25) is 5.78 Å². The number of nitrogens with zero attached hydrogens (tertiary/aromatic N) is 2. The van der Waals surface area contributed by atoms with Crippen LogP contribution < -0.4 is 4.74 Å². The van der Waals surface area contributed by atoms with Crippen LogP contribution in [0.25, 0.3) is 6.08 Å².